The van der Waals surface area contributed by atoms with Crippen molar-refractivity contribution >= 4 is 17.8 Å². The van der Waals surface area contributed by atoms with Crippen molar-refractivity contribution in [2.24, 2.45) is 5.92 Å². The molecule has 1 heterocycles. The predicted molar refractivity (Wildman–Crippen MR) is 137 cm³/mol. The molecule has 9 heteroatoms. The van der Waals surface area contributed by atoms with E-state index in [4.69, 9.17) is 4.74 Å². The molecule has 6 nitrogen and oxygen atoms in total. The van der Waals surface area contributed by atoms with Crippen LogP contribution in [0.15, 0.2) is 59.8 Å². The van der Waals surface area contributed by atoms with Gasteiger partial charge in [0.05, 0.1) is 24.3 Å². The lowest BCUT2D eigenvalue weighted by Gasteiger charge is -2.34. The summed E-state index contributed by atoms with van der Waals surface area (Å²) >= 11 is 0. The van der Waals surface area contributed by atoms with Gasteiger partial charge in [0.15, 0.2) is 0 Å². The van der Waals surface area contributed by atoms with E-state index in [9.17, 15) is 27.6 Å². The van der Waals surface area contributed by atoms with Gasteiger partial charge >= 0.3 is 12.1 Å². The number of esters is 1. The third-order valence-electron chi connectivity index (χ3n) is 6.50. The second-order valence-corrected chi connectivity index (χ2v) is 9.71. The summed E-state index contributed by atoms with van der Waals surface area (Å²) in [6.45, 7) is 8.22. The first-order valence-corrected chi connectivity index (χ1v) is 12.6. The first kappa shape index (κ1) is 28.9. The number of carbonyl (C=O) groups excluding carboxylic acids is 3. The summed E-state index contributed by atoms with van der Waals surface area (Å²) in [5, 5.41) is 2.89. The van der Waals surface area contributed by atoms with Crippen molar-refractivity contribution in [1.82, 2.24) is 10.2 Å². The van der Waals surface area contributed by atoms with Crippen LogP contribution in [0.5, 0.6) is 0 Å². The van der Waals surface area contributed by atoms with Crippen LogP contribution in [-0.2, 0) is 27.0 Å². The molecule has 1 N–H and O–H groups in total. The minimum absolute atomic E-state index is 0.105. The number of ether oxygens (including phenoxy) is 1. The normalized spacial score (nSPS) is 16.2. The van der Waals surface area contributed by atoms with E-state index in [0.29, 0.717) is 34.9 Å². The number of halogens is 3. The molecule has 1 unspecified atom stereocenters. The van der Waals surface area contributed by atoms with Gasteiger partial charge in [0.25, 0.3) is 5.91 Å². The zero-order valence-corrected chi connectivity index (χ0v) is 22.0. The second kappa shape index (κ2) is 12.3. The Hall–Kier alpha value is -3.62. The Kier molecular flexibility index (Phi) is 9.36. The van der Waals surface area contributed by atoms with Crippen LogP contribution in [0.1, 0.15) is 73.5 Å². The number of nitrogens with one attached hydrogen (secondary N) is 1. The highest BCUT2D eigenvalue weighted by Crippen LogP contribution is 2.39. The number of hydrogen-bond donors (Lipinski definition) is 1. The Labute approximate surface area is 220 Å². The molecule has 2 aromatic carbocycles. The van der Waals surface area contributed by atoms with Crippen LogP contribution >= 0.6 is 0 Å². The third-order valence-corrected chi connectivity index (χ3v) is 6.50. The number of alkyl halides is 3. The summed E-state index contributed by atoms with van der Waals surface area (Å²) < 4.78 is 44.4. The Bertz CT molecular complexity index is 1200. The monoisotopic (exact) mass is 530 g/mol. The largest absolute Gasteiger partial charge is 0.463 e. The third kappa shape index (κ3) is 7.02. The first-order chi connectivity index (χ1) is 17.9. The molecule has 0 aromatic heterocycles. The molecule has 0 saturated heterocycles. The number of carbonyl (C=O) groups is 3. The summed E-state index contributed by atoms with van der Waals surface area (Å²) in [5.41, 5.74) is 1.38. The van der Waals surface area contributed by atoms with Gasteiger partial charge in [-0.1, -0.05) is 38.1 Å². The fourth-order valence-corrected chi connectivity index (χ4v) is 4.44. The molecule has 2 aromatic rings. The number of amides is 2. The number of nitrogens with zero attached hydrogens (tertiary/aromatic N) is 1. The fraction of sp³-hybridized carbons (Fsp3) is 0.414. The van der Waals surface area contributed by atoms with Crippen LogP contribution in [-0.4, -0.2) is 35.8 Å². The van der Waals surface area contributed by atoms with Crippen molar-refractivity contribution in [1.29, 1.82) is 0 Å². The quantitative estimate of drug-likeness (QED) is 0.414. The van der Waals surface area contributed by atoms with E-state index in [1.807, 2.05) is 0 Å². The van der Waals surface area contributed by atoms with Gasteiger partial charge in [-0.05, 0) is 61.6 Å². The highest BCUT2D eigenvalue weighted by molar-refractivity contribution is 5.96. The summed E-state index contributed by atoms with van der Waals surface area (Å²) in [6, 6.07) is 11.4. The minimum Gasteiger partial charge on any atom is -0.463 e. The van der Waals surface area contributed by atoms with Crippen molar-refractivity contribution < 1.29 is 32.3 Å². The minimum atomic E-state index is -4.49. The standard InChI is InChI=1S/C29H33F3N2O4/c1-5-38-28(37)26-19(4)34(17-20-7-6-8-22(15-20)27(36)33-14-13-18(2)3)25(35)16-24(26)21-9-11-23(12-10-21)29(30,31)32/h6-12,15,18,24H,5,13-14,16-17H2,1-4H3,(H,33,36). The van der Waals surface area contributed by atoms with E-state index in [2.05, 4.69) is 19.2 Å². The van der Waals surface area contributed by atoms with Crippen LogP contribution in [0, 0.1) is 5.92 Å². The van der Waals surface area contributed by atoms with Gasteiger partial charge in [-0.2, -0.15) is 13.2 Å². The van der Waals surface area contributed by atoms with Crippen LogP contribution in [0.3, 0.4) is 0 Å². The van der Waals surface area contributed by atoms with Gasteiger partial charge in [0, 0.05) is 30.1 Å². The molecule has 0 radical (unpaired) electrons. The summed E-state index contributed by atoms with van der Waals surface area (Å²) in [7, 11) is 0. The number of allylic oxidation sites excluding steroid dienone is 1. The molecule has 38 heavy (non-hydrogen) atoms. The van der Waals surface area contributed by atoms with Crippen molar-refractivity contribution in [2.45, 2.75) is 59.2 Å². The molecule has 1 aliphatic rings. The zero-order valence-electron chi connectivity index (χ0n) is 22.0. The van der Waals surface area contributed by atoms with Gasteiger partial charge in [0.2, 0.25) is 5.91 Å². The molecule has 1 atom stereocenters. The molecule has 1 aliphatic heterocycles. The molecule has 0 bridgehead atoms. The van der Waals surface area contributed by atoms with Crippen molar-refractivity contribution in [3.63, 3.8) is 0 Å². The van der Waals surface area contributed by atoms with E-state index in [1.54, 1.807) is 38.1 Å². The van der Waals surface area contributed by atoms with Crippen LogP contribution in [0.25, 0.3) is 0 Å². The van der Waals surface area contributed by atoms with Gasteiger partial charge in [0.1, 0.15) is 0 Å². The van der Waals surface area contributed by atoms with Crippen LogP contribution < -0.4 is 5.32 Å². The van der Waals surface area contributed by atoms with Gasteiger partial charge < -0.3 is 15.0 Å². The molecule has 0 saturated carbocycles. The van der Waals surface area contributed by atoms with Crippen molar-refractivity contribution in [2.75, 3.05) is 13.2 Å². The lowest BCUT2D eigenvalue weighted by molar-refractivity contribution is -0.140. The van der Waals surface area contributed by atoms with E-state index >= 15 is 0 Å². The van der Waals surface area contributed by atoms with Crippen molar-refractivity contribution in [3.05, 3.63) is 82.1 Å². The number of rotatable bonds is 9. The van der Waals surface area contributed by atoms with Gasteiger partial charge in [-0.3, -0.25) is 9.59 Å². The average molecular weight is 531 g/mol. The summed E-state index contributed by atoms with van der Waals surface area (Å²) in [6.07, 6.45) is -3.74. The Morgan fingerprint density at radius 3 is 2.42 bits per heavy atom. The summed E-state index contributed by atoms with van der Waals surface area (Å²) in [5.74, 6) is -1.39. The Morgan fingerprint density at radius 2 is 1.82 bits per heavy atom. The molecular weight excluding hydrogens is 497 g/mol. The molecular formula is C29H33F3N2O4. The fourth-order valence-electron chi connectivity index (χ4n) is 4.44. The summed E-state index contributed by atoms with van der Waals surface area (Å²) in [4.78, 5) is 40.2. The van der Waals surface area contributed by atoms with E-state index in [-0.39, 0.29) is 37.0 Å². The van der Waals surface area contributed by atoms with E-state index in [1.165, 1.54) is 17.0 Å². The van der Waals surface area contributed by atoms with Gasteiger partial charge in [-0.25, -0.2) is 4.79 Å². The Morgan fingerprint density at radius 1 is 1.13 bits per heavy atom. The van der Waals surface area contributed by atoms with Gasteiger partial charge in [-0.15, -0.1) is 0 Å². The lowest BCUT2D eigenvalue weighted by atomic mass is 9.83. The SMILES string of the molecule is CCOC(=O)C1=C(C)N(Cc2cccc(C(=O)NCCC(C)C)c2)C(=O)CC1c1ccc(C(F)(F)F)cc1. The smallest absolute Gasteiger partial charge is 0.416 e. The first-order valence-electron chi connectivity index (χ1n) is 12.6. The Balaban J connectivity index is 1.90. The molecule has 0 fully saturated rings. The molecule has 0 spiro atoms. The molecule has 0 aliphatic carbocycles. The highest BCUT2D eigenvalue weighted by atomic mass is 19.4. The lowest BCUT2D eigenvalue weighted by Crippen LogP contribution is -2.38. The topological polar surface area (TPSA) is 75.7 Å². The zero-order chi connectivity index (χ0) is 28.0. The number of hydrogen-bond acceptors (Lipinski definition) is 4. The molecule has 204 valence electrons. The van der Waals surface area contributed by atoms with E-state index in [0.717, 1.165) is 18.6 Å². The maximum absolute atomic E-state index is 13.2. The maximum atomic E-state index is 13.2. The van der Waals surface area contributed by atoms with E-state index < -0.39 is 23.6 Å². The highest BCUT2D eigenvalue weighted by Gasteiger charge is 2.37. The average Bonchev–Trinajstić information content (AvgIpc) is 2.85. The van der Waals surface area contributed by atoms with Crippen LogP contribution in [0.4, 0.5) is 13.2 Å². The predicted octanol–water partition coefficient (Wildman–Crippen LogP) is 5.83. The second-order valence-electron chi connectivity index (χ2n) is 9.71. The molecule has 2 amide bonds. The molecule has 3 rings (SSSR count). The number of benzene rings is 2. The van der Waals surface area contributed by atoms with Crippen molar-refractivity contribution in [3.8, 4) is 0 Å². The van der Waals surface area contributed by atoms with Crippen LogP contribution in [0.2, 0.25) is 0 Å². The maximum Gasteiger partial charge on any atom is 0.416 e.